The zero-order chi connectivity index (χ0) is 10.9. The first-order chi connectivity index (χ1) is 6.45. The second kappa shape index (κ2) is 3.65. The average Bonchev–Trinajstić information content (AvgIpc) is 2.12. The molecule has 0 radical (unpaired) electrons. The summed E-state index contributed by atoms with van der Waals surface area (Å²) < 4.78 is 49.0. The number of carbonyl (C=O) groups is 1. The molecule has 0 spiro atoms. The van der Waals surface area contributed by atoms with Crippen LogP contribution in [0, 0.1) is 11.6 Å². The normalized spacial score (nSPS) is 10.6. The van der Waals surface area contributed by atoms with Crippen LogP contribution in [0.1, 0.15) is 10.4 Å². The summed E-state index contributed by atoms with van der Waals surface area (Å²) in [6, 6.07) is 1.03. The van der Waals surface area contributed by atoms with Gasteiger partial charge in [-0.15, -0.1) is 0 Å². The Hall–Kier alpha value is -1.59. The van der Waals surface area contributed by atoms with Crippen LogP contribution in [0.25, 0.3) is 0 Å². The summed E-state index contributed by atoms with van der Waals surface area (Å²) >= 11 is 0. The molecule has 0 bridgehead atoms. The summed E-state index contributed by atoms with van der Waals surface area (Å²) in [4.78, 5) is 10.6. The SMILES string of the molecule is O=C(c1c(F)ccc(F)c1O)C(F)F. The maximum Gasteiger partial charge on any atom is 0.300 e. The summed E-state index contributed by atoms with van der Waals surface area (Å²) in [5, 5.41) is 8.83. The zero-order valence-electron chi connectivity index (χ0n) is 6.60. The quantitative estimate of drug-likeness (QED) is 0.597. The van der Waals surface area contributed by atoms with Crippen molar-refractivity contribution in [3.05, 3.63) is 29.3 Å². The molecule has 1 aromatic carbocycles. The van der Waals surface area contributed by atoms with E-state index >= 15 is 0 Å². The lowest BCUT2D eigenvalue weighted by Gasteiger charge is -2.04. The number of alkyl halides is 2. The zero-order valence-corrected chi connectivity index (χ0v) is 6.60. The minimum Gasteiger partial charge on any atom is -0.504 e. The number of rotatable bonds is 2. The topological polar surface area (TPSA) is 37.3 Å². The summed E-state index contributed by atoms with van der Waals surface area (Å²) in [5.74, 6) is -6.04. The second-order valence-corrected chi connectivity index (χ2v) is 2.42. The van der Waals surface area contributed by atoms with Gasteiger partial charge in [-0.3, -0.25) is 4.79 Å². The third kappa shape index (κ3) is 1.68. The maximum absolute atomic E-state index is 12.8. The first-order valence-corrected chi connectivity index (χ1v) is 3.44. The van der Waals surface area contributed by atoms with E-state index in [1.807, 2.05) is 0 Å². The number of carbonyl (C=O) groups excluding carboxylic acids is 1. The Labute approximate surface area is 75.8 Å². The molecule has 6 heteroatoms. The van der Waals surface area contributed by atoms with Gasteiger partial charge in [-0.1, -0.05) is 0 Å². The van der Waals surface area contributed by atoms with Crippen molar-refractivity contribution in [3.63, 3.8) is 0 Å². The van der Waals surface area contributed by atoms with Crippen LogP contribution in [-0.2, 0) is 0 Å². The van der Waals surface area contributed by atoms with Gasteiger partial charge in [0.05, 0.1) is 0 Å². The number of hydrogen-bond acceptors (Lipinski definition) is 2. The van der Waals surface area contributed by atoms with E-state index in [4.69, 9.17) is 5.11 Å². The van der Waals surface area contributed by atoms with Crippen LogP contribution >= 0.6 is 0 Å². The van der Waals surface area contributed by atoms with Gasteiger partial charge in [0.1, 0.15) is 11.4 Å². The minimum atomic E-state index is -3.49. The van der Waals surface area contributed by atoms with Crippen LogP contribution < -0.4 is 0 Å². The Morgan fingerprint density at radius 2 is 1.71 bits per heavy atom. The molecule has 0 aliphatic carbocycles. The molecular formula is C8H4F4O2. The number of ketones is 1. The van der Waals surface area contributed by atoms with Gasteiger partial charge >= 0.3 is 6.43 Å². The second-order valence-electron chi connectivity index (χ2n) is 2.42. The van der Waals surface area contributed by atoms with Crippen LogP contribution in [0.2, 0.25) is 0 Å². The lowest BCUT2D eigenvalue weighted by molar-refractivity contribution is 0.0670. The molecule has 0 atom stereocenters. The highest BCUT2D eigenvalue weighted by atomic mass is 19.3. The number of halogens is 4. The van der Waals surface area contributed by atoms with E-state index in [0.29, 0.717) is 12.1 Å². The van der Waals surface area contributed by atoms with Crippen molar-refractivity contribution in [3.8, 4) is 5.75 Å². The summed E-state index contributed by atoms with van der Waals surface area (Å²) in [7, 11) is 0. The first kappa shape index (κ1) is 10.5. The van der Waals surface area contributed by atoms with Gasteiger partial charge in [0, 0.05) is 0 Å². The van der Waals surface area contributed by atoms with E-state index in [9.17, 15) is 22.4 Å². The molecule has 1 aromatic rings. The lowest BCUT2D eigenvalue weighted by Crippen LogP contribution is -2.13. The predicted octanol–water partition coefficient (Wildman–Crippen LogP) is 2.12. The maximum atomic E-state index is 12.8. The molecule has 0 fully saturated rings. The van der Waals surface area contributed by atoms with Gasteiger partial charge in [0.2, 0.25) is 5.78 Å². The van der Waals surface area contributed by atoms with E-state index in [1.54, 1.807) is 0 Å². The van der Waals surface area contributed by atoms with E-state index < -0.39 is 35.2 Å². The molecule has 0 unspecified atom stereocenters. The molecule has 0 aliphatic heterocycles. The van der Waals surface area contributed by atoms with Crippen LogP contribution in [-0.4, -0.2) is 17.3 Å². The average molecular weight is 208 g/mol. The number of Topliss-reactive ketones (excluding diaryl/α,β-unsaturated/α-hetero) is 1. The molecule has 14 heavy (non-hydrogen) atoms. The van der Waals surface area contributed by atoms with E-state index in [1.165, 1.54) is 0 Å². The molecular weight excluding hydrogens is 204 g/mol. The van der Waals surface area contributed by atoms with Crippen molar-refractivity contribution >= 4 is 5.78 Å². The predicted molar refractivity (Wildman–Crippen MR) is 38.4 cm³/mol. The first-order valence-electron chi connectivity index (χ1n) is 3.44. The summed E-state index contributed by atoms with van der Waals surface area (Å²) in [5.41, 5.74) is -1.32. The van der Waals surface area contributed by atoms with Gasteiger partial charge in [-0.05, 0) is 12.1 Å². The number of phenolic OH excluding ortho intramolecular Hbond substituents is 1. The molecule has 0 aromatic heterocycles. The molecule has 2 nitrogen and oxygen atoms in total. The van der Waals surface area contributed by atoms with Crippen LogP contribution in [0.4, 0.5) is 17.6 Å². The Bertz CT molecular complexity index is 376. The summed E-state index contributed by atoms with van der Waals surface area (Å²) in [6.45, 7) is 0. The van der Waals surface area contributed by atoms with Crippen molar-refractivity contribution in [2.45, 2.75) is 6.43 Å². The van der Waals surface area contributed by atoms with Crippen LogP contribution in [0.15, 0.2) is 12.1 Å². The molecule has 0 saturated carbocycles. The molecule has 0 heterocycles. The van der Waals surface area contributed by atoms with Crippen molar-refractivity contribution in [1.82, 2.24) is 0 Å². The molecule has 0 aliphatic rings. The third-order valence-corrected chi connectivity index (χ3v) is 1.52. The van der Waals surface area contributed by atoms with Crippen molar-refractivity contribution in [2.24, 2.45) is 0 Å². The fourth-order valence-corrected chi connectivity index (χ4v) is 0.885. The molecule has 0 saturated heterocycles. The minimum absolute atomic E-state index is 0.491. The molecule has 76 valence electrons. The largest absolute Gasteiger partial charge is 0.504 e. The third-order valence-electron chi connectivity index (χ3n) is 1.52. The van der Waals surface area contributed by atoms with Crippen LogP contribution in [0.3, 0.4) is 0 Å². The van der Waals surface area contributed by atoms with Gasteiger partial charge in [0.15, 0.2) is 11.6 Å². The molecule has 0 amide bonds. The summed E-state index contributed by atoms with van der Waals surface area (Å²) in [6.07, 6.45) is -3.49. The standard InChI is InChI=1S/C8H4F4O2/c9-3-1-2-4(10)6(13)5(3)7(14)8(11)12/h1-2,8,13H. The van der Waals surface area contributed by atoms with E-state index in [-0.39, 0.29) is 0 Å². The van der Waals surface area contributed by atoms with Crippen molar-refractivity contribution in [2.75, 3.05) is 0 Å². The van der Waals surface area contributed by atoms with Gasteiger partial charge in [0.25, 0.3) is 0 Å². The Morgan fingerprint density at radius 1 is 1.21 bits per heavy atom. The lowest BCUT2D eigenvalue weighted by atomic mass is 10.1. The number of hydrogen-bond donors (Lipinski definition) is 1. The van der Waals surface area contributed by atoms with Crippen LogP contribution in [0.5, 0.6) is 5.75 Å². The fourth-order valence-electron chi connectivity index (χ4n) is 0.885. The monoisotopic (exact) mass is 208 g/mol. The highest BCUT2D eigenvalue weighted by Gasteiger charge is 2.26. The van der Waals surface area contributed by atoms with E-state index in [2.05, 4.69) is 0 Å². The Kier molecular flexibility index (Phi) is 2.73. The van der Waals surface area contributed by atoms with Gasteiger partial charge in [-0.25, -0.2) is 17.6 Å². The number of benzene rings is 1. The molecule has 1 rings (SSSR count). The number of phenols is 1. The Morgan fingerprint density at radius 3 is 2.21 bits per heavy atom. The van der Waals surface area contributed by atoms with E-state index in [0.717, 1.165) is 0 Å². The smallest absolute Gasteiger partial charge is 0.300 e. The van der Waals surface area contributed by atoms with Gasteiger partial charge in [-0.2, -0.15) is 0 Å². The van der Waals surface area contributed by atoms with Crippen molar-refractivity contribution in [1.29, 1.82) is 0 Å². The molecule has 1 N–H and O–H groups in total. The van der Waals surface area contributed by atoms with Crippen molar-refractivity contribution < 1.29 is 27.5 Å². The number of aromatic hydroxyl groups is 1. The highest BCUT2D eigenvalue weighted by molar-refractivity contribution is 6.01. The fraction of sp³-hybridized carbons (Fsp3) is 0.125. The Balaban J connectivity index is 3.33. The highest BCUT2D eigenvalue weighted by Crippen LogP contribution is 2.25. The van der Waals surface area contributed by atoms with Gasteiger partial charge < -0.3 is 5.11 Å².